The molecule has 1 aromatic carbocycles. The van der Waals surface area contributed by atoms with Gasteiger partial charge in [0.15, 0.2) is 0 Å². The Hall–Kier alpha value is -2.10. The van der Waals surface area contributed by atoms with Crippen molar-refractivity contribution in [3.63, 3.8) is 0 Å². The van der Waals surface area contributed by atoms with Gasteiger partial charge < -0.3 is 9.84 Å². The summed E-state index contributed by atoms with van der Waals surface area (Å²) in [5, 5.41) is 8.93. The van der Waals surface area contributed by atoms with E-state index in [2.05, 4.69) is 0 Å². The zero-order valence-electron chi connectivity index (χ0n) is 9.71. The fourth-order valence-corrected chi connectivity index (χ4v) is 1.39. The number of benzene rings is 1. The van der Waals surface area contributed by atoms with Crippen LogP contribution in [0.3, 0.4) is 0 Å². The average Bonchev–Trinajstić information content (AvgIpc) is 2.29. The van der Waals surface area contributed by atoms with E-state index in [1.54, 1.807) is 31.2 Å². The first-order valence-electron chi connectivity index (χ1n) is 5.22. The third-order valence-corrected chi connectivity index (χ3v) is 2.13. The zero-order chi connectivity index (χ0) is 12.8. The molecule has 4 heteroatoms. The summed E-state index contributed by atoms with van der Waals surface area (Å²) >= 11 is 0. The van der Waals surface area contributed by atoms with Gasteiger partial charge in [0.2, 0.25) is 0 Å². The highest BCUT2D eigenvalue weighted by Gasteiger charge is 2.17. The van der Waals surface area contributed by atoms with Gasteiger partial charge in [0.1, 0.15) is 6.10 Å². The summed E-state index contributed by atoms with van der Waals surface area (Å²) in [6.07, 6.45) is 3.09. The number of hydrogen-bond acceptors (Lipinski definition) is 3. The molecule has 0 saturated heterocycles. The highest BCUT2D eigenvalue weighted by Crippen LogP contribution is 2.11. The van der Waals surface area contributed by atoms with E-state index in [0.29, 0.717) is 0 Å². The normalized spacial score (nSPS) is 12.4. The number of carboxylic acid groups (broad SMARTS) is 1. The summed E-state index contributed by atoms with van der Waals surface area (Å²) < 4.78 is 5.08. The van der Waals surface area contributed by atoms with Crippen molar-refractivity contribution in [2.24, 2.45) is 0 Å². The minimum atomic E-state index is -1.14. The molecule has 1 N–H and O–H groups in total. The van der Waals surface area contributed by atoms with E-state index in [4.69, 9.17) is 9.84 Å². The van der Waals surface area contributed by atoms with Crippen LogP contribution in [0.25, 0.3) is 0 Å². The molecule has 0 aliphatic heterocycles. The number of carbonyl (C=O) groups excluding carboxylic acids is 1. The smallest absolute Gasteiger partial charge is 0.339 e. The number of aromatic carboxylic acids is 1. The van der Waals surface area contributed by atoms with Crippen molar-refractivity contribution in [1.29, 1.82) is 0 Å². The summed E-state index contributed by atoms with van der Waals surface area (Å²) in [7, 11) is 0. The number of carboxylic acids is 1. The first kappa shape index (κ1) is 13.0. The van der Waals surface area contributed by atoms with E-state index >= 15 is 0 Å². The first-order chi connectivity index (χ1) is 8.06. The van der Waals surface area contributed by atoms with Crippen LogP contribution in [-0.2, 0) is 4.74 Å². The fourth-order valence-electron chi connectivity index (χ4n) is 1.39. The summed E-state index contributed by atoms with van der Waals surface area (Å²) in [5.74, 6) is -1.77. The van der Waals surface area contributed by atoms with Crippen molar-refractivity contribution in [3.8, 4) is 0 Å². The van der Waals surface area contributed by atoms with E-state index in [0.717, 1.165) is 0 Å². The summed E-state index contributed by atoms with van der Waals surface area (Å²) in [5.41, 5.74) is 0.0153. The largest absolute Gasteiger partial charge is 0.478 e. The Kier molecular flexibility index (Phi) is 4.46. The molecule has 0 amide bonds. The molecular weight excluding hydrogens is 220 g/mol. The predicted octanol–water partition coefficient (Wildman–Crippen LogP) is 2.51. The van der Waals surface area contributed by atoms with Gasteiger partial charge >= 0.3 is 11.9 Å². The van der Waals surface area contributed by atoms with Gasteiger partial charge in [-0.25, -0.2) is 9.59 Å². The van der Waals surface area contributed by atoms with Crippen LogP contribution in [0.15, 0.2) is 36.4 Å². The number of carbonyl (C=O) groups is 2. The minimum Gasteiger partial charge on any atom is -0.478 e. The van der Waals surface area contributed by atoms with Crippen molar-refractivity contribution in [3.05, 3.63) is 47.5 Å². The van der Waals surface area contributed by atoms with Crippen molar-refractivity contribution in [1.82, 2.24) is 0 Å². The Morgan fingerprint density at radius 3 is 2.41 bits per heavy atom. The van der Waals surface area contributed by atoms with Crippen LogP contribution < -0.4 is 0 Å². The van der Waals surface area contributed by atoms with Gasteiger partial charge in [-0.2, -0.15) is 0 Å². The lowest BCUT2D eigenvalue weighted by Gasteiger charge is -2.10. The third-order valence-electron chi connectivity index (χ3n) is 2.13. The van der Waals surface area contributed by atoms with Gasteiger partial charge in [0.25, 0.3) is 0 Å². The first-order valence-corrected chi connectivity index (χ1v) is 5.22. The molecule has 0 unspecified atom stereocenters. The van der Waals surface area contributed by atoms with Crippen LogP contribution in [-0.4, -0.2) is 23.1 Å². The molecule has 0 radical (unpaired) electrons. The molecule has 4 nitrogen and oxygen atoms in total. The molecule has 90 valence electrons. The number of rotatable bonds is 4. The Labute approximate surface area is 99.5 Å². The van der Waals surface area contributed by atoms with E-state index in [1.165, 1.54) is 12.1 Å². The SMILES string of the molecule is C/C=C/[C@@H](C)OC(=O)c1ccccc1C(=O)O. The number of esters is 1. The second-order valence-electron chi connectivity index (χ2n) is 3.49. The molecule has 0 spiro atoms. The molecular formula is C13H14O4. The Morgan fingerprint density at radius 1 is 1.29 bits per heavy atom. The van der Waals surface area contributed by atoms with Gasteiger partial charge in [0.05, 0.1) is 11.1 Å². The van der Waals surface area contributed by atoms with E-state index in [9.17, 15) is 9.59 Å². The maximum Gasteiger partial charge on any atom is 0.339 e. The quantitative estimate of drug-likeness (QED) is 0.642. The van der Waals surface area contributed by atoms with Crippen molar-refractivity contribution in [2.45, 2.75) is 20.0 Å². The van der Waals surface area contributed by atoms with Gasteiger partial charge in [-0.05, 0) is 32.1 Å². The van der Waals surface area contributed by atoms with E-state index in [1.807, 2.05) is 6.92 Å². The molecule has 17 heavy (non-hydrogen) atoms. The van der Waals surface area contributed by atoms with Gasteiger partial charge in [-0.15, -0.1) is 0 Å². The molecule has 0 aromatic heterocycles. The van der Waals surface area contributed by atoms with E-state index < -0.39 is 11.9 Å². The summed E-state index contributed by atoms with van der Waals surface area (Å²) in [6.45, 7) is 3.52. The summed E-state index contributed by atoms with van der Waals surface area (Å²) in [6, 6.07) is 5.98. The monoisotopic (exact) mass is 234 g/mol. The lowest BCUT2D eigenvalue weighted by Crippen LogP contribution is -2.16. The lowest BCUT2D eigenvalue weighted by atomic mass is 10.1. The van der Waals surface area contributed by atoms with Crippen LogP contribution in [0, 0.1) is 0 Å². The molecule has 0 fully saturated rings. The van der Waals surface area contributed by atoms with Crippen molar-refractivity contribution < 1.29 is 19.4 Å². The van der Waals surface area contributed by atoms with Gasteiger partial charge in [0, 0.05) is 0 Å². The molecule has 1 atom stereocenters. The highest BCUT2D eigenvalue weighted by atomic mass is 16.5. The number of allylic oxidation sites excluding steroid dienone is 1. The maximum atomic E-state index is 11.7. The van der Waals surface area contributed by atoms with Crippen LogP contribution in [0.1, 0.15) is 34.6 Å². The highest BCUT2D eigenvalue weighted by molar-refractivity contribution is 6.02. The Balaban J connectivity index is 2.93. The Morgan fingerprint density at radius 2 is 1.88 bits per heavy atom. The van der Waals surface area contributed by atoms with Crippen LogP contribution in [0.5, 0.6) is 0 Å². The van der Waals surface area contributed by atoms with Gasteiger partial charge in [-0.3, -0.25) is 0 Å². The number of ether oxygens (including phenoxy) is 1. The van der Waals surface area contributed by atoms with E-state index in [-0.39, 0.29) is 17.2 Å². The standard InChI is InChI=1S/C13H14O4/c1-3-6-9(2)17-13(16)11-8-5-4-7-10(11)12(14)15/h3-9H,1-2H3,(H,14,15)/b6-3+/t9-/m1/s1. The minimum absolute atomic E-state index is 0.0508. The molecule has 0 saturated carbocycles. The molecule has 0 aliphatic rings. The van der Waals surface area contributed by atoms with Crippen LogP contribution >= 0.6 is 0 Å². The fraction of sp³-hybridized carbons (Fsp3) is 0.231. The summed E-state index contributed by atoms with van der Waals surface area (Å²) in [4.78, 5) is 22.7. The van der Waals surface area contributed by atoms with Crippen molar-refractivity contribution in [2.75, 3.05) is 0 Å². The second kappa shape index (κ2) is 5.84. The number of hydrogen-bond donors (Lipinski definition) is 1. The molecule has 1 aromatic rings. The molecule has 0 aliphatic carbocycles. The van der Waals surface area contributed by atoms with Crippen molar-refractivity contribution >= 4 is 11.9 Å². The molecule has 1 rings (SSSR count). The molecule has 0 heterocycles. The van der Waals surface area contributed by atoms with Crippen LogP contribution in [0.2, 0.25) is 0 Å². The average molecular weight is 234 g/mol. The second-order valence-corrected chi connectivity index (χ2v) is 3.49. The maximum absolute atomic E-state index is 11.7. The lowest BCUT2D eigenvalue weighted by molar-refractivity contribution is 0.0416. The van der Waals surface area contributed by atoms with Crippen LogP contribution in [0.4, 0.5) is 0 Å². The van der Waals surface area contributed by atoms with Gasteiger partial charge in [-0.1, -0.05) is 18.2 Å². The predicted molar refractivity (Wildman–Crippen MR) is 63.1 cm³/mol. The zero-order valence-corrected chi connectivity index (χ0v) is 9.71. The third kappa shape index (κ3) is 3.45. The topological polar surface area (TPSA) is 63.6 Å². The molecule has 0 bridgehead atoms. The Bertz CT molecular complexity index is 448.